The third kappa shape index (κ3) is 4.33. The first-order valence-electron chi connectivity index (χ1n) is 5.11. The molecule has 1 N–H and O–H groups in total. The van der Waals surface area contributed by atoms with Crippen molar-refractivity contribution in [3.63, 3.8) is 0 Å². The van der Waals surface area contributed by atoms with Crippen molar-refractivity contribution in [2.24, 2.45) is 0 Å². The number of hydrogen-bond donors (Lipinski definition) is 1. The number of aryl methyl sites for hydroxylation is 1. The van der Waals surface area contributed by atoms with Crippen molar-refractivity contribution in [3.05, 3.63) is 33.8 Å². The summed E-state index contributed by atoms with van der Waals surface area (Å²) in [5, 5.41) is 8.58. The summed E-state index contributed by atoms with van der Waals surface area (Å²) in [6, 6.07) is 5.99. The van der Waals surface area contributed by atoms with E-state index >= 15 is 0 Å². The van der Waals surface area contributed by atoms with Gasteiger partial charge in [0.25, 0.3) is 0 Å². The van der Waals surface area contributed by atoms with Gasteiger partial charge in [0.15, 0.2) is 0 Å². The molecule has 0 amide bonds. The highest BCUT2D eigenvalue weighted by Gasteiger charge is 2.04. The van der Waals surface area contributed by atoms with Crippen LogP contribution in [0.4, 0.5) is 0 Å². The number of ether oxygens (including phenoxy) is 1. The second kappa shape index (κ2) is 6.66. The summed E-state index contributed by atoms with van der Waals surface area (Å²) >= 11 is 3.41. The van der Waals surface area contributed by atoms with Gasteiger partial charge >= 0.3 is 5.97 Å². The number of carbonyl (C=O) groups is 1. The summed E-state index contributed by atoms with van der Waals surface area (Å²) < 4.78 is 6.12. The maximum atomic E-state index is 10.4. The van der Waals surface area contributed by atoms with E-state index in [1.54, 1.807) is 7.11 Å². The van der Waals surface area contributed by atoms with Crippen LogP contribution in [-0.2, 0) is 22.6 Å². The molecule has 0 radical (unpaired) electrons. The van der Waals surface area contributed by atoms with Gasteiger partial charge in [-0.2, -0.15) is 0 Å². The quantitative estimate of drug-likeness (QED) is 0.874. The highest BCUT2D eigenvalue weighted by Crippen LogP contribution is 2.19. The molecule has 1 aromatic rings. The number of hydrogen-bond acceptors (Lipinski definition) is 2. The van der Waals surface area contributed by atoms with E-state index in [4.69, 9.17) is 9.84 Å². The van der Waals surface area contributed by atoms with Crippen molar-refractivity contribution < 1.29 is 14.6 Å². The Morgan fingerprint density at radius 3 is 2.81 bits per heavy atom. The minimum absolute atomic E-state index is 0.207. The third-order valence-electron chi connectivity index (χ3n) is 2.30. The lowest BCUT2D eigenvalue weighted by Crippen LogP contribution is -1.99. The van der Waals surface area contributed by atoms with E-state index < -0.39 is 5.97 Å². The Labute approximate surface area is 104 Å². The van der Waals surface area contributed by atoms with Crippen LogP contribution in [0.15, 0.2) is 22.7 Å². The lowest BCUT2D eigenvalue weighted by molar-refractivity contribution is -0.137. The highest BCUT2D eigenvalue weighted by atomic mass is 79.9. The second-order valence-electron chi connectivity index (χ2n) is 3.59. The smallest absolute Gasteiger partial charge is 0.303 e. The number of carboxylic acid groups (broad SMARTS) is 1. The van der Waals surface area contributed by atoms with Gasteiger partial charge in [0.2, 0.25) is 0 Å². The normalized spacial score (nSPS) is 10.4. The summed E-state index contributed by atoms with van der Waals surface area (Å²) in [5.74, 6) is -0.747. The van der Waals surface area contributed by atoms with Crippen LogP contribution in [0.1, 0.15) is 24.0 Å². The molecule has 1 aromatic carbocycles. The molecule has 0 spiro atoms. The Bertz CT molecular complexity index is 363. The molecule has 0 aliphatic rings. The predicted molar refractivity (Wildman–Crippen MR) is 65.4 cm³/mol. The number of aliphatic carboxylic acids is 1. The molecule has 0 aliphatic carbocycles. The fourth-order valence-corrected chi connectivity index (χ4v) is 1.96. The van der Waals surface area contributed by atoms with E-state index in [-0.39, 0.29) is 6.42 Å². The van der Waals surface area contributed by atoms with E-state index in [9.17, 15) is 4.79 Å². The Balaban J connectivity index is 2.67. The summed E-state index contributed by atoms with van der Waals surface area (Å²) in [5.41, 5.74) is 2.27. The summed E-state index contributed by atoms with van der Waals surface area (Å²) in [6.07, 6.45) is 1.63. The van der Waals surface area contributed by atoms with Gasteiger partial charge in [0, 0.05) is 18.0 Å². The number of carboxylic acids is 1. The number of benzene rings is 1. The van der Waals surface area contributed by atoms with Crippen LogP contribution in [0.2, 0.25) is 0 Å². The van der Waals surface area contributed by atoms with Gasteiger partial charge < -0.3 is 9.84 Å². The topological polar surface area (TPSA) is 46.5 Å². The van der Waals surface area contributed by atoms with Crippen LogP contribution in [0.5, 0.6) is 0 Å². The Morgan fingerprint density at radius 1 is 1.44 bits per heavy atom. The molecule has 16 heavy (non-hydrogen) atoms. The molecule has 0 saturated carbocycles. The van der Waals surface area contributed by atoms with E-state index in [0.29, 0.717) is 13.0 Å². The van der Waals surface area contributed by atoms with E-state index in [1.807, 2.05) is 18.2 Å². The van der Waals surface area contributed by atoms with E-state index in [2.05, 4.69) is 15.9 Å². The number of halogens is 1. The van der Waals surface area contributed by atoms with Gasteiger partial charge in [-0.05, 0) is 36.1 Å². The summed E-state index contributed by atoms with van der Waals surface area (Å²) in [7, 11) is 1.66. The van der Waals surface area contributed by atoms with Crippen LogP contribution in [0.25, 0.3) is 0 Å². The lowest BCUT2D eigenvalue weighted by atomic mass is 10.0. The van der Waals surface area contributed by atoms with Crippen molar-refractivity contribution >= 4 is 21.9 Å². The Morgan fingerprint density at radius 2 is 2.19 bits per heavy atom. The van der Waals surface area contributed by atoms with Crippen molar-refractivity contribution in [2.45, 2.75) is 25.9 Å². The van der Waals surface area contributed by atoms with Gasteiger partial charge in [0.05, 0.1) is 6.61 Å². The first-order chi connectivity index (χ1) is 7.63. The average Bonchev–Trinajstić information content (AvgIpc) is 2.21. The maximum Gasteiger partial charge on any atom is 0.303 e. The standard InChI is InChI=1S/C12H15BrO3/c1-16-8-10-5-6-11(13)7-9(10)3-2-4-12(14)15/h5-7H,2-4,8H2,1H3,(H,14,15). The first kappa shape index (κ1) is 13.2. The highest BCUT2D eigenvalue weighted by molar-refractivity contribution is 9.10. The zero-order valence-corrected chi connectivity index (χ0v) is 10.8. The molecular formula is C12H15BrO3. The monoisotopic (exact) mass is 286 g/mol. The summed E-state index contributed by atoms with van der Waals surface area (Å²) in [6.45, 7) is 0.565. The van der Waals surface area contributed by atoms with E-state index in [0.717, 1.165) is 22.0 Å². The minimum atomic E-state index is -0.747. The zero-order valence-electron chi connectivity index (χ0n) is 9.20. The largest absolute Gasteiger partial charge is 0.481 e. The fraction of sp³-hybridized carbons (Fsp3) is 0.417. The van der Waals surface area contributed by atoms with Crippen LogP contribution in [0, 0.1) is 0 Å². The molecule has 3 nitrogen and oxygen atoms in total. The van der Waals surface area contributed by atoms with Gasteiger partial charge in [-0.15, -0.1) is 0 Å². The van der Waals surface area contributed by atoms with Gasteiger partial charge in [-0.1, -0.05) is 22.0 Å². The van der Waals surface area contributed by atoms with Crippen molar-refractivity contribution in [1.29, 1.82) is 0 Å². The van der Waals surface area contributed by atoms with Crippen LogP contribution >= 0.6 is 15.9 Å². The molecule has 4 heteroatoms. The molecule has 0 atom stereocenters. The molecule has 88 valence electrons. The number of rotatable bonds is 6. The molecular weight excluding hydrogens is 272 g/mol. The molecule has 0 saturated heterocycles. The zero-order chi connectivity index (χ0) is 12.0. The summed E-state index contributed by atoms with van der Waals surface area (Å²) in [4.78, 5) is 10.4. The minimum Gasteiger partial charge on any atom is -0.481 e. The lowest BCUT2D eigenvalue weighted by Gasteiger charge is -2.08. The van der Waals surface area contributed by atoms with Crippen molar-refractivity contribution in [1.82, 2.24) is 0 Å². The molecule has 0 aliphatic heterocycles. The molecule has 0 bridgehead atoms. The van der Waals surface area contributed by atoms with Gasteiger partial charge in [0.1, 0.15) is 0 Å². The van der Waals surface area contributed by atoms with Gasteiger partial charge in [-0.3, -0.25) is 4.79 Å². The fourth-order valence-electron chi connectivity index (χ4n) is 1.55. The predicted octanol–water partition coefficient (Wildman–Crippen LogP) is 3.00. The van der Waals surface area contributed by atoms with Gasteiger partial charge in [-0.25, -0.2) is 0 Å². The van der Waals surface area contributed by atoms with Crippen LogP contribution in [0.3, 0.4) is 0 Å². The van der Waals surface area contributed by atoms with Crippen LogP contribution in [-0.4, -0.2) is 18.2 Å². The Kier molecular flexibility index (Phi) is 5.49. The number of methoxy groups -OCH3 is 1. The SMILES string of the molecule is COCc1ccc(Br)cc1CCCC(=O)O. The molecule has 0 fully saturated rings. The third-order valence-corrected chi connectivity index (χ3v) is 2.80. The Hall–Kier alpha value is -0.870. The maximum absolute atomic E-state index is 10.4. The molecule has 1 rings (SSSR count). The second-order valence-corrected chi connectivity index (χ2v) is 4.51. The van der Waals surface area contributed by atoms with E-state index in [1.165, 1.54) is 0 Å². The van der Waals surface area contributed by atoms with Crippen LogP contribution < -0.4 is 0 Å². The first-order valence-corrected chi connectivity index (χ1v) is 5.91. The molecule has 0 unspecified atom stereocenters. The average molecular weight is 287 g/mol. The molecule has 0 aromatic heterocycles. The van der Waals surface area contributed by atoms with Crippen molar-refractivity contribution in [2.75, 3.05) is 7.11 Å². The van der Waals surface area contributed by atoms with Crippen molar-refractivity contribution in [3.8, 4) is 0 Å². The molecule has 0 heterocycles.